The zero-order valence-corrected chi connectivity index (χ0v) is 16.5. The van der Waals surface area contributed by atoms with Crippen molar-refractivity contribution in [3.8, 4) is 0 Å². The first-order chi connectivity index (χ1) is 12.4. The number of carbonyl (C=O) groups is 1. The number of sulfonamides is 1. The number of nitrogens with zero attached hydrogens (tertiary/aromatic N) is 4. The van der Waals surface area contributed by atoms with E-state index in [0.717, 1.165) is 42.8 Å². The molecule has 0 aliphatic carbocycles. The smallest absolute Gasteiger partial charge is 0.274 e. The van der Waals surface area contributed by atoms with Crippen LogP contribution < -0.4 is 0 Å². The Kier molecular flexibility index (Phi) is 4.81. The van der Waals surface area contributed by atoms with Crippen LogP contribution in [-0.4, -0.2) is 59.5 Å². The van der Waals surface area contributed by atoms with Crippen molar-refractivity contribution < 1.29 is 13.2 Å². The predicted molar refractivity (Wildman–Crippen MR) is 99.2 cm³/mol. The third-order valence-corrected chi connectivity index (χ3v) is 8.40. The van der Waals surface area contributed by atoms with Crippen LogP contribution in [-0.2, 0) is 23.0 Å². The van der Waals surface area contributed by atoms with Crippen molar-refractivity contribution in [2.24, 2.45) is 0 Å². The Balaban J connectivity index is 1.43. The Labute approximate surface area is 161 Å². The Hall–Kier alpha value is -1.42. The maximum atomic E-state index is 12.7. The molecule has 0 unspecified atom stereocenters. The molecule has 4 heterocycles. The highest BCUT2D eigenvalue weighted by molar-refractivity contribution is 7.91. The average Bonchev–Trinajstić information content (AvgIpc) is 3.27. The van der Waals surface area contributed by atoms with Gasteiger partial charge in [0.25, 0.3) is 15.9 Å². The summed E-state index contributed by atoms with van der Waals surface area (Å²) in [5.74, 6) is -0.122. The van der Waals surface area contributed by atoms with Gasteiger partial charge in [-0.2, -0.15) is 9.40 Å². The molecule has 1 saturated heterocycles. The minimum Gasteiger partial charge on any atom is -0.335 e. The van der Waals surface area contributed by atoms with Gasteiger partial charge in [0.15, 0.2) is 5.69 Å². The van der Waals surface area contributed by atoms with Gasteiger partial charge in [-0.25, -0.2) is 8.42 Å². The minimum atomic E-state index is -3.55. The lowest BCUT2D eigenvalue weighted by molar-refractivity contribution is 0.0691. The van der Waals surface area contributed by atoms with E-state index < -0.39 is 10.0 Å². The summed E-state index contributed by atoms with van der Waals surface area (Å²) in [7, 11) is -3.55. The van der Waals surface area contributed by atoms with Crippen LogP contribution in [0.4, 0.5) is 0 Å². The SMILES string of the molecule is O=C(c1cc2n(n1)CCCC2)N1CCN(S(=O)(=O)c2ccc(Cl)s2)CC1. The first-order valence-corrected chi connectivity index (χ1v) is 11.2. The molecule has 0 saturated carbocycles. The van der Waals surface area contributed by atoms with Crippen molar-refractivity contribution in [2.75, 3.05) is 26.2 Å². The number of fused-ring (bicyclic) bond motifs is 1. The number of aromatic nitrogens is 2. The number of aryl methyl sites for hydroxylation is 2. The highest BCUT2D eigenvalue weighted by atomic mass is 35.5. The fourth-order valence-corrected chi connectivity index (χ4v) is 6.44. The molecule has 1 amide bonds. The van der Waals surface area contributed by atoms with Crippen molar-refractivity contribution in [1.82, 2.24) is 19.0 Å². The maximum Gasteiger partial charge on any atom is 0.274 e. The second-order valence-electron chi connectivity index (χ2n) is 6.46. The Morgan fingerprint density at radius 1 is 1.12 bits per heavy atom. The third-order valence-electron chi connectivity index (χ3n) is 4.80. The van der Waals surface area contributed by atoms with Gasteiger partial charge < -0.3 is 4.90 Å². The molecule has 0 radical (unpaired) electrons. The molecule has 2 aliphatic heterocycles. The molecule has 0 N–H and O–H groups in total. The first kappa shape index (κ1) is 18.0. The van der Waals surface area contributed by atoms with E-state index in [1.807, 2.05) is 10.7 Å². The molecule has 0 spiro atoms. The van der Waals surface area contributed by atoms with E-state index in [1.54, 1.807) is 11.0 Å². The van der Waals surface area contributed by atoms with E-state index in [2.05, 4.69) is 5.10 Å². The van der Waals surface area contributed by atoms with Gasteiger partial charge >= 0.3 is 0 Å². The molecule has 0 atom stereocenters. The standard InChI is InChI=1S/C16H19ClN4O3S2/c17-14-4-5-15(25-14)26(23,24)20-9-7-19(8-10-20)16(22)13-11-12-3-1-2-6-21(12)18-13/h4-5,11H,1-3,6-10H2. The highest BCUT2D eigenvalue weighted by Gasteiger charge is 2.32. The van der Waals surface area contributed by atoms with Crippen LogP contribution in [0.3, 0.4) is 0 Å². The van der Waals surface area contributed by atoms with Crippen LogP contribution in [0.5, 0.6) is 0 Å². The Bertz CT molecular complexity index is 906. The van der Waals surface area contributed by atoms with Gasteiger partial charge in [-0.05, 0) is 37.5 Å². The summed E-state index contributed by atoms with van der Waals surface area (Å²) in [6, 6.07) is 4.98. The lowest BCUT2D eigenvalue weighted by Gasteiger charge is -2.33. The van der Waals surface area contributed by atoms with Gasteiger partial charge in [0, 0.05) is 38.4 Å². The van der Waals surface area contributed by atoms with E-state index in [1.165, 1.54) is 10.4 Å². The number of piperazine rings is 1. The van der Waals surface area contributed by atoms with E-state index in [9.17, 15) is 13.2 Å². The van der Waals surface area contributed by atoms with Gasteiger partial charge in [-0.3, -0.25) is 9.48 Å². The molecule has 2 aromatic rings. The monoisotopic (exact) mass is 414 g/mol. The molecule has 26 heavy (non-hydrogen) atoms. The largest absolute Gasteiger partial charge is 0.335 e. The fraction of sp³-hybridized carbons (Fsp3) is 0.500. The van der Waals surface area contributed by atoms with Gasteiger partial charge in [0.1, 0.15) is 4.21 Å². The maximum absolute atomic E-state index is 12.7. The summed E-state index contributed by atoms with van der Waals surface area (Å²) in [5, 5.41) is 4.42. The van der Waals surface area contributed by atoms with Gasteiger partial charge in [0.05, 0.1) is 4.34 Å². The second-order valence-corrected chi connectivity index (χ2v) is 10.3. The average molecular weight is 415 g/mol. The lowest BCUT2D eigenvalue weighted by atomic mass is 10.1. The number of halogens is 1. The summed E-state index contributed by atoms with van der Waals surface area (Å²) < 4.78 is 29.3. The molecule has 1 fully saturated rings. The molecule has 140 valence electrons. The van der Waals surface area contributed by atoms with Gasteiger partial charge in [0.2, 0.25) is 0 Å². The lowest BCUT2D eigenvalue weighted by Crippen LogP contribution is -2.50. The Morgan fingerprint density at radius 2 is 1.88 bits per heavy atom. The van der Waals surface area contributed by atoms with Gasteiger partial charge in [-0.1, -0.05) is 11.6 Å². The van der Waals surface area contributed by atoms with Crippen molar-refractivity contribution in [3.05, 3.63) is 33.9 Å². The molecule has 7 nitrogen and oxygen atoms in total. The van der Waals surface area contributed by atoms with Crippen LogP contribution in [0, 0.1) is 0 Å². The van der Waals surface area contributed by atoms with E-state index in [-0.39, 0.29) is 23.2 Å². The number of carbonyl (C=O) groups excluding carboxylic acids is 1. The molecule has 10 heteroatoms. The van der Waals surface area contributed by atoms with Crippen LogP contribution in [0.1, 0.15) is 29.0 Å². The first-order valence-electron chi connectivity index (χ1n) is 8.56. The number of thiophene rings is 1. The second kappa shape index (κ2) is 6.95. The minimum absolute atomic E-state index is 0.122. The normalized spacial score (nSPS) is 18.7. The summed E-state index contributed by atoms with van der Waals surface area (Å²) in [6.45, 7) is 2.13. The van der Waals surface area contributed by atoms with E-state index >= 15 is 0 Å². The number of hydrogen-bond acceptors (Lipinski definition) is 5. The number of rotatable bonds is 3. The number of amides is 1. The predicted octanol–water partition coefficient (Wildman–Crippen LogP) is 2.08. The van der Waals surface area contributed by atoms with Crippen LogP contribution >= 0.6 is 22.9 Å². The zero-order chi connectivity index (χ0) is 18.3. The van der Waals surface area contributed by atoms with Crippen LogP contribution in [0.15, 0.2) is 22.4 Å². The van der Waals surface area contributed by atoms with Gasteiger partial charge in [-0.15, -0.1) is 11.3 Å². The van der Waals surface area contributed by atoms with Crippen LogP contribution in [0.25, 0.3) is 0 Å². The van der Waals surface area contributed by atoms with Crippen molar-refractivity contribution in [2.45, 2.75) is 30.0 Å². The molecule has 0 bridgehead atoms. The molecule has 4 rings (SSSR count). The van der Waals surface area contributed by atoms with E-state index in [0.29, 0.717) is 23.1 Å². The zero-order valence-electron chi connectivity index (χ0n) is 14.1. The summed E-state index contributed by atoms with van der Waals surface area (Å²) in [4.78, 5) is 14.4. The fourth-order valence-electron chi connectivity index (χ4n) is 3.38. The molecular weight excluding hydrogens is 396 g/mol. The highest BCUT2D eigenvalue weighted by Crippen LogP contribution is 2.28. The van der Waals surface area contributed by atoms with Crippen molar-refractivity contribution in [3.63, 3.8) is 0 Å². The third kappa shape index (κ3) is 3.28. The van der Waals surface area contributed by atoms with Crippen LogP contribution in [0.2, 0.25) is 4.34 Å². The molecule has 0 aromatic carbocycles. The van der Waals surface area contributed by atoms with Crippen molar-refractivity contribution in [1.29, 1.82) is 0 Å². The molecular formula is C16H19ClN4O3S2. The number of hydrogen-bond donors (Lipinski definition) is 0. The summed E-state index contributed by atoms with van der Waals surface area (Å²) >= 11 is 6.90. The van der Waals surface area contributed by atoms with E-state index in [4.69, 9.17) is 11.6 Å². The topological polar surface area (TPSA) is 75.5 Å². The summed E-state index contributed by atoms with van der Waals surface area (Å²) in [6.07, 6.45) is 3.17. The Morgan fingerprint density at radius 3 is 2.54 bits per heavy atom. The molecule has 2 aromatic heterocycles. The van der Waals surface area contributed by atoms with Crippen molar-refractivity contribution >= 4 is 38.9 Å². The quantitative estimate of drug-likeness (QED) is 0.770. The summed E-state index contributed by atoms with van der Waals surface area (Å²) in [5.41, 5.74) is 1.57. The molecule has 2 aliphatic rings.